The molecule has 0 fully saturated rings. The maximum atomic E-state index is 4.04. The van der Waals surface area contributed by atoms with Crippen LogP contribution in [0.4, 0.5) is 0 Å². The Morgan fingerprint density at radius 2 is 0.587 bits per heavy atom. The van der Waals surface area contributed by atoms with Crippen molar-refractivity contribution < 1.29 is 37.7 Å². The average molecular weight is 611 g/mol. The molecule has 2 heterocycles. The van der Waals surface area contributed by atoms with E-state index in [4.69, 9.17) is 0 Å². The Kier molecular flexibility index (Phi) is 10.2. The second kappa shape index (κ2) is 13.8. The van der Waals surface area contributed by atoms with Gasteiger partial charge in [0, 0.05) is 16.1 Å². The van der Waals surface area contributed by atoms with E-state index in [1.807, 2.05) is 0 Å². The zero-order valence-electron chi connectivity index (χ0n) is 27.9. The van der Waals surface area contributed by atoms with Gasteiger partial charge in [0.1, 0.15) is 0 Å². The van der Waals surface area contributed by atoms with Crippen molar-refractivity contribution in [3.8, 4) is 0 Å². The Labute approximate surface area is 301 Å². The molecule has 0 saturated carbocycles. The summed E-state index contributed by atoms with van der Waals surface area (Å²) in [5, 5.41) is 2.92. The van der Waals surface area contributed by atoms with E-state index in [9.17, 15) is 0 Å². The van der Waals surface area contributed by atoms with E-state index in [-0.39, 0.29) is 37.7 Å². The zero-order chi connectivity index (χ0) is 30.3. The van der Waals surface area contributed by atoms with E-state index in [0.29, 0.717) is 0 Å². The molecule has 0 radical (unpaired) electrons. The number of allylic oxidation sites excluding steroid dienone is 4. The largest absolute Gasteiger partial charge is 1.00 e. The molecule has 5 aromatic rings. The molecular weight excluding hydrogens is 575 g/mol. The van der Waals surface area contributed by atoms with Gasteiger partial charge in [0.25, 0.3) is 0 Å². The first-order valence-electron chi connectivity index (χ1n) is 15.5. The van der Waals surface area contributed by atoms with E-state index >= 15 is 0 Å². The molecule has 0 nitrogen and oxygen atoms in total. The first-order valence-corrected chi connectivity index (χ1v) is 21.5. The van der Waals surface area contributed by atoms with Gasteiger partial charge < -0.3 is 0 Å². The van der Waals surface area contributed by atoms with Crippen molar-refractivity contribution in [3.63, 3.8) is 0 Å². The minimum absolute atomic E-state index is 0. The Balaban J connectivity index is 0.00000208. The molecule has 0 bridgehead atoms. The standard InChI is InChI=1S/C42H36Si2.2Li/c1-43(2)29-37(31-17-9-5-10-18-31)39(33-21-13-7-14-22-33)41(43)35-25-27-36(28-26-35)42-40(34-23-15-8-16-24-34)38(30-44(42,3)4)32-19-11-6-12-20-32;;/h5-28H,1-4H3;;/q-2;2*+1. The Bertz CT molecular complexity index is 1810. The van der Waals surface area contributed by atoms with Gasteiger partial charge in [-0.05, 0) is 11.1 Å². The molecule has 0 spiro atoms. The van der Waals surface area contributed by atoms with Crippen LogP contribution in [-0.2, 0) is 0 Å². The van der Waals surface area contributed by atoms with Crippen LogP contribution in [0.15, 0.2) is 146 Å². The molecule has 2 aliphatic rings. The number of hydrogen-bond acceptors (Lipinski definition) is 0. The Morgan fingerprint density at radius 1 is 0.326 bits per heavy atom. The fourth-order valence-electron chi connectivity index (χ4n) is 6.99. The number of benzene rings is 5. The first-order chi connectivity index (χ1) is 21.3. The fraction of sp³-hybridized carbons (Fsp3) is 0.0952. The molecule has 4 heteroatoms. The first kappa shape index (κ1) is 34.0. The van der Waals surface area contributed by atoms with Crippen molar-refractivity contribution in [2.75, 3.05) is 0 Å². The third kappa shape index (κ3) is 6.32. The second-order valence-electron chi connectivity index (χ2n) is 12.8. The summed E-state index contributed by atoms with van der Waals surface area (Å²) in [6, 6.07) is 52.9. The zero-order valence-corrected chi connectivity index (χ0v) is 29.9. The minimum Gasteiger partial charge on any atom is -0.201 e. The topological polar surface area (TPSA) is 0 Å². The summed E-state index contributed by atoms with van der Waals surface area (Å²) in [6.07, 6.45) is 0. The number of hydrogen-bond donors (Lipinski definition) is 0. The van der Waals surface area contributed by atoms with Gasteiger partial charge in [0.2, 0.25) is 0 Å². The summed E-state index contributed by atoms with van der Waals surface area (Å²) in [7, 11) is -4.06. The molecule has 7 rings (SSSR count). The van der Waals surface area contributed by atoms with E-state index in [2.05, 4.69) is 183 Å². The molecule has 0 atom stereocenters. The molecule has 0 saturated heterocycles. The van der Waals surface area contributed by atoms with Crippen LogP contribution in [-0.4, -0.2) is 16.1 Å². The third-order valence-corrected chi connectivity index (χ3v) is 14.2. The molecule has 0 aromatic heterocycles. The van der Waals surface area contributed by atoms with E-state index in [0.717, 1.165) is 0 Å². The molecule has 5 aromatic carbocycles. The summed E-state index contributed by atoms with van der Waals surface area (Å²) in [4.78, 5) is 0. The molecular formula is C42H36Li2Si2. The van der Waals surface area contributed by atoms with Crippen LogP contribution in [0.5, 0.6) is 0 Å². The van der Waals surface area contributed by atoms with E-state index in [1.165, 1.54) is 66.1 Å². The minimum atomic E-state index is -2.03. The summed E-state index contributed by atoms with van der Waals surface area (Å²) in [5.74, 6) is 0. The van der Waals surface area contributed by atoms with Crippen molar-refractivity contribution >= 4 is 48.8 Å². The van der Waals surface area contributed by atoms with Gasteiger partial charge in [-0.3, -0.25) is 0 Å². The Hall–Kier alpha value is -3.31. The van der Waals surface area contributed by atoms with Crippen LogP contribution in [0.25, 0.3) is 32.7 Å². The van der Waals surface area contributed by atoms with Crippen LogP contribution < -0.4 is 37.7 Å². The third-order valence-electron chi connectivity index (χ3n) is 8.84. The fourth-order valence-corrected chi connectivity index (χ4v) is 12.6. The van der Waals surface area contributed by atoms with Gasteiger partial charge in [-0.25, -0.2) is 11.4 Å². The van der Waals surface area contributed by atoms with Gasteiger partial charge in [-0.15, -0.1) is 56.9 Å². The molecule has 0 N–H and O–H groups in total. The molecule has 214 valence electrons. The second-order valence-corrected chi connectivity index (χ2v) is 20.8. The van der Waals surface area contributed by atoms with Crippen molar-refractivity contribution in [1.82, 2.24) is 0 Å². The monoisotopic (exact) mass is 610 g/mol. The Morgan fingerprint density at radius 3 is 0.870 bits per heavy atom. The quantitative estimate of drug-likeness (QED) is 0.190. The van der Waals surface area contributed by atoms with Crippen molar-refractivity contribution in [3.05, 3.63) is 190 Å². The van der Waals surface area contributed by atoms with E-state index < -0.39 is 16.1 Å². The molecule has 0 amide bonds. The maximum Gasteiger partial charge on any atom is 1.00 e. The van der Waals surface area contributed by atoms with Crippen LogP contribution in [0, 0.1) is 11.4 Å². The van der Waals surface area contributed by atoms with Crippen molar-refractivity contribution in [2.24, 2.45) is 0 Å². The van der Waals surface area contributed by atoms with Gasteiger partial charge in [-0.1, -0.05) is 159 Å². The molecule has 2 aliphatic heterocycles. The smallest absolute Gasteiger partial charge is 0.201 e. The molecule has 46 heavy (non-hydrogen) atoms. The van der Waals surface area contributed by atoms with Gasteiger partial charge >= 0.3 is 37.7 Å². The van der Waals surface area contributed by atoms with Crippen molar-refractivity contribution in [1.29, 1.82) is 0 Å². The summed E-state index contributed by atoms with van der Waals surface area (Å²) >= 11 is 0. The SMILES string of the molecule is C[Si]1(C)[C-]=C(c2ccccc2)C(c2ccccc2)=C1c1ccc(C2=C(c3ccccc3)C(c3ccccc3)=[C-][Si]2(C)C)cc1.[Li+].[Li+]. The van der Waals surface area contributed by atoms with Crippen LogP contribution in [0.2, 0.25) is 26.2 Å². The van der Waals surface area contributed by atoms with Crippen LogP contribution in [0.1, 0.15) is 33.4 Å². The van der Waals surface area contributed by atoms with Crippen molar-refractivity contribution in [2.45, 2.75) is 26.2 Å². The maximum absolute atomic E-state index is 4.04. The summed E-state index contributed by atoms with van der Waals surface area (Å²) < 4.78 is 0. The summed E-state index contributed by atoms with van der Waals surface area (Å²) in [6.45, 7) is 9.73. The molecule has 0 aliphatic carbocycles. The van der Waals surface area contributed by atoms with Crippen LogP contribution >= 0.6 is 0 Å². The van der Waals surface area contributed by atoms with Gasteiger partial charge in [-0.2, -0.15) is 11.1 Å². The van der Waals surface area contributed by atoms with E-state index in [1.54, 1.807) is 0 Å². The number of rotatable bonds is 6. The predicted octanol–water partition coefficient (Wildman–Crippen LogP) is 4.89. The predicted molar refractivity (Wildman–Crippen MR) is 194 cm³/mol. The van der Waals surface area contributed by atoms with Gasteiger partial charge in [0.05, 0.1) is 0 Å². The van der Waals surface area contributed by atoms with Gasteiger partial charge in [0.15, 0.2) is 0 Å². The molecule has 0 unspecified atom stereocenters. The normalized spacial score (nSPS) is 16.3. The summed E-state index contributed by atoms with van der Waals surface area (Å²) in [5.41, 5.74) is 20.9. The average Bonchev–Trinajstić information content (AvgIpc) is 3.51. The van der Waals surface area contributed by atoms with Crippen LogP contribution in [0.3, 0.4) is 0 Å².